The molecule has 0 aromatic rings. The van der Waals surface area contributed by atoms with Crippen LogP contribution in [-0.4, -0.2) is 0 Å². The van der Waals surface area contributed by atoms with E-state index in [0.717, 1.165) is 6.42 Å². The van der Waals surface area contributed by atoms with E-state index in [4.69, 9.17) is 0 Å². The lowest BCUT2D eigenvalue weighted by atomic mass is 10.1. The molecule has 0 aromatic heterocycles. The van der Waals surface area contributed by atoms with Crippen molar-refractivity contribution in [3.05, 3.63) is 31.2 Å². The van der Waals surface area contributed by atoms with Crippen molar-refractivity contribution in [2.45, 2.75) is 77.6 Å². The molecule has 0 N–H and O–H groups in total. The van der Waals surface area contributed by atoms with Gasteiger partial charge < -0.3 is 0 Å². The Kier molecular flexibility index (Phi) is 15.0. The van der Waals surface area contributed by atoms with E-state index in [1.807, 2.05) is 0 Å². The van der Waals surface area contributed by atoms with Crippen molar-refractivity contribution in [2.24, 2.45) is 0 Å². The van der Waals surface area contributed by atoms with Crippen LogP contribution < -0.4 is 0 Å². The maximum atomic E-state index is 3.76. The van der Waals surface area contributed by atoms with Gasteiger partial charge in [-0.05, 0) is 26.2 Å². The molecule has 0 aromatic carbocycles. The van der Waals surface area contributed by atoms with Crippen LogP contribution in [0.15, 0.2) is 24.3 Å². The van der Waals surface area contributed by atoms with E-state index in [0.29, 0.717) is 0 Å². The summed E-state index contributed by atoms with van der Waals surface area (Å²) < 4.78 is 0. The quantitative estimate of drug-likeness (QED) is 0.277. The third-order valence-corrected chi connectivity index (χ3v) is 3.02. The average molecular weight is 235 g/mol. The van der Waals surface area contributed by atoms with Gasteiger partial charge in [0.15, 0.2) is 0 Å². The molecule has 0 rings (SSSR count). The van der Waals surface area contributed by atoms with Crippen LogP contribution in [-0.2, 0) is 0 Å². The fraction of sp³-hybridized carbons (Fsp3) is 0.706. The molecule has 0 unspecified atom stereocenters. The smallest absolute Gasteiger partial charge is 0.0347 e. The Bertz CT molecular complexity index is 176. The molecule has 0 aliphatic heterocycles. The summed E-state index contributed by atoms with van der Waals surface area (Å²) in [6.45, 7) is 6.04. The van der Waals surface area contributed by atoms with Gasteiger partial charge in [0, 0.05) is 0 Å². The van der Waals surface area contributed by atoms with Crippen LogP contribution in [0, 0.1) is 6.92 Å². The molecule has 17 heavy (non-hydrogen) atoms. The highest BCUT2D eigenvalue weighted by molar-refractivity contribution is 5.02. The van der Waals surface area contributed by atoms with Crippen LogP contribution in [0.4, 0.5) is 0 Å². The minimum absolute atomic E-state index is 0.891. The Morgan fingerprint density at radius 2 is 1.24 bits per heavy atom. The van der Waals surface area contributed by atoms with E-state index in [1.54, 1.807) is 0 Å². The van der Waals surface area contributed by atoms with Crippen LogP contribution >= 0.6 is 0 Å². The van der Waals surface area contributed by atoms with Gasteiger partial charge in [0.05, 0.1) is 0 Å². The first-order valence-corrected chi connectivity index (χ1v) is 7.52. The molecule has 0 nitrogen and oxygen atoms in total. The van der Waals surface area contributed by atoms with E-state index < -0.39 is 0 Å². The molecule has 99 valence electrons. The van der Waals surface area contributed by atoms with E-state index in [9.17, 15) is 0 Å². The van der Waals surface area contributed by atoms with Gasteiger partial charge in [-0.15, -0.1) is 0 Å². The Labute approximate surface area is 109 Å². The summed E-state index contributed by atoms with van der Waals surface area (Å²) in [6, 6.07) is 0. The summed E-state index contributed by atoms with van der Waals surface area (Å²) in [4.78, 5) is 0. The first-order valence-electron chi connectivity index (χ1n) is 7.52. The molecule has 0 amide bonds. The van der Waals surface area contributed by atoms with Crippen molar-refractivity contribution < 1.29 is 0 Å². The van der Waals surface area contributed by atoms with Crippen molar-refractivity contribution >= 4 is 0 Å². The van der Waals surface area contributed by atoms with E-state index in [1.165, 1.54) is 64.2 Å². The Hall–Kier alpha value is -0.520. The molecular formula is C17H31. The monoisotopic (exact) mass is 235 g/mol. The Balaban J connectivity index is 3.03. The van der Waals surface area contributed by atoms with Crippen LogP contribution in [0.3, 0.4) is 0 Å². The molecule has 0 bridgehead atoms. The van der Waals surface area contributed by atoms with E-state index in [-0.39, 0.29) is 0 Å². The van der Waals surface area contributed by atoms with Gasteiger partial charge in [0.1, 0.15) is 0 Å². The van der Waals surface area contributed by atoms with Gasteiger partial charge >= 0.3 is 0 Å². The second kappa shape index (κ2) is 15.5. The molecule has 0 heterocycles. The third kappa shape index (κ3) is 15.5. The van der Waals surface area contributed by atoms with Crippen LogP contribution in [0.2, 0.25) is 0 Å². The van der Waals surface area contributed by atoms with Crippen molar-refractivity contribution in [3.63, 3.8) is 0 Å². The Morgan fingerprint density at radius 1 is 0.706 bits per heavy atom. The molecule has 0 aliphatic carbocycles. The van der Waals surface area contributed by atoms with E-state index >= 15 is 0 Å². The molecular weight excluding hydrogens is 204 g/mol. The first-order chi connectivity index (χ1) is 8.41. The summed E-state index contributed by atoms with van der Waals surface area (Å²) in [5.74, 6) is 0. The zero-order valence-corrected chi connectivity index (χ0v) is 11.8. The summed E-state index contributed by atoms with van der Waals surface area (Å²) in [7, 11) is 0. The van der Waals surface area contributed by atoms with Gasteiger partial charge in [0.25, 0.3) is 0 Å². The first kappa shape index (κ1) is 16.5. The fourth-order valence-electron chi connectivity index (χ4n) is 1.92. The highest BCUT2D eigenvalue weighted by Gasteiger charge is 1.90. The molecule has 0 saturated carbocycles. The number of hydrogen-bond acceptors (Lipinski definition) is 0. The largest absolute Gasteiger partial charge is 0.0845 e. The van der Waals surface area contributed by atoms with Gasteiger partial charge in [-0.1, -0.05) is 82.6 Å². The number of rotatable bonds is 12. The zero-order valence-electron chi connectivity index (χ0n) is 11.8. The second-order valence-corrected chi connectivity index (χ2v) is 4.76. The summed E-state index contributed by atoms with van der Waals surface area (Å²) >= 11 is 0. The van der Waals surface area contributed by atoms with Crippen molar-refractivity contribution in [3.8, 4) is 0 Å². The van der Waals surface area contributed by atoms with Crippen LogP contribution in [0.1, 0.15) is 77.6 Å². The average Bonchev–Trinajstić information content (AvgIpc) is 2.35. The number of unbranched alkanes of at least 4 members (excludes halogenated alkanes) is 9. The topological polar surface area (TPSA) is 0 Å². The van der Waals surface area contributed by atoms with Crippen molar-refractivity contribution in [1.82, 2.24) is 0 Å². The maximum absolute atomic E-state index is 3.76. The van der Waals surface area contributed by atoms with Crippen molar-refractivity contribution in [2.75, 3.05) is 0 Å². The van der Waals surface area contributed by atoms with Gasteiger partial charge in [-0.3, -0.25) is 0 Å². The molecule has 0 fully saturated rings. The molecule has 0 spiro atoms. The Morgan fingerprint density at radius 3 is 1.82 bits per heavy atom. The van der Waals surface area contributed by atoms with Crippen LogP contribution in [0.5, 0.6) is 0 Å². The van der Waals surface area contributed by atoms with Crippen molar-refractivity contribution in [1.29, 1.82) is 0 Å². The molecule has 0 atom stereocenters. The fourth-order valence-corrected chi connectivity index (χ4v) is 1.92. The molecule has 0 heteroatoms. The summed E-state index contributed by atoms with van der Waals surface area (Å²) in [6.07, 6.45) is 23.5. The lowest BCUT2D eigenvalue weighted by Crippen LogP contribution is -1.80. The predicted molar refractivity (Wildman–Crippen MR) is 80.1 cm³/mol. The van der Waals surface area contributed by atoms with Gasteiger partial charge in [-0.25, -0.2) is 0 Å². The minimum atomic E-state index is 0.891. The third-order valence-electron chi connectivity index (χ3n) is 3.02. The normalized spacial score (nSPS) is 11.9. The minimum Gasteiger partial charge on any atom is -0.0845 e. The SMILES string of the molecule is [CH2]C/C=C/C=C/CCCCCCCCCCC. The number of allylic oxidation sites excluding steroid dienone is 4. The highest BCUT2D eigenvalue weighted by Crippen LogP contribution is 2.10. The summed E-state index contributed by atoms with van der Waals surface area (Å²) in [5.41, 5.74) is 0. The van der Waals surface area contributed by atoms with Gasteiger partial charge in [0.2, 0.25) is 0 Å². The van der Waals surface area contributed by atoms with Crippen LogP contribution in [0.25, 0.3) is 0 Å². The molecule has 0 aliphatic rings. The molecule has 1 radical (unpaired) electrons. The maximum Gasteiger partial charge on any atom is -0.0347 e. The lowest BCUT2D eigenvalue weighted by molar-refractivity contribution is 0.566. The van der Waals surface area contributed by atoms with Gasteiger partial charge in [-0.2, -0.15) is 0 Å². The molecule has 0 saturated heterocycles. The number of hydrogen-bond donors (Lipinski definition) is 0. The second-order valence-electron chi connectivity index (χ2n) is 4.76. The zero-order chi connectivity index (χ0) is 12.6. The van der Waals surface area contributed by atoms with E-state index in [2.05, 4.69) is 38.2 Å². The summed E-state index contributed by atoms with van der Waals surface area (Å²) in [5, 5.41) is 0. The predicted octanol–water partition coefficient (Wildman–Crippen LogP) is 6.24. The lowest BCUT2D eigenvalue weighted by Gasteiger charge is -2.00. The standard InChI is InChI=1S/C17H31/c1-3-5-7-9-11-13-15-17-16-14-12-10-8-6-4-2/h5,7,9,11H,1,3-4,6,8,10,12-17H2,2H3/b7-5+,11-9+. The highest BCUT2D eigenvalue weighted by atomic mass is 14.0.